The van der Waals surface area contributed by atoms with Crippen LogP contribution in [0.15, 0.2) is 66.9 Å². The van der Waals surface area contributed by atoms with Crippen LogP contribution in [0.25, 0.3) is 11.3 Å². The van der Waals surface area contributed by atoms with E-state index in [1.165, 1.54) is 18.3 Å². The molecule has 9 heteroatoms. The van der Waals surface area contributed by atoms with Crippen molar-refractivity contribution in [2.24, 2.45) is 0 Å². The summed E-state index contributed by atoms with van der Waals surface area (Å²) in [4.78, 5) is 42.2. The molecule has 2 N–H and O–H groups in total. The SMILES string of the molecule is CCOC(=O)c1ccccc1-c1cc(C(=O)N[C@H](Cc2ccccc2Cl)[C@@H](O)C(=O)OCC)ccn1. The summed E-state index contributed by atoms with van der Waals surface area (Å²) in [6.45, 7) is 3.64. The number of hydrogen-bond donors (Lipinski definition) is 2. The van der Waals surface area contributed by atoms with Crippen LogP contribution in [0.1, 0.15) is 40.1 Å². The molecule has 1 heterocycles. The van der Waals surface area contributed by atoms with Gasteiger partial charge in [0, 0.05) is 22.3 Å². The van der Waals surface area contributed by atoms with Crippen molar-refractivity contribution in [3.63, 3.8) is 0 Å². The molecule has 8 nitrogen and oxygen atoms in total. The maximum Gasteiger partial charge on any atom is 0.338 e. The van der Waals surface area contributed by atoms with Crippen LogP contribution in [0.4, 0.5) is 0 Å². The first-order valence-electron chi connectivity index (χ1n) is 11.5. The van der Waals surface area contributed by atoms with Gasteiger partial charge in [-0.05, 0) is 50.1 Å². The third-order valence-electron chi connectivity index (χ3n) is 5.34. The molecule has 2 atom stereocenters. The van der Waals surface area contributed by atoms with Crippen LogP contribution in [0.2, 0.25) is 5.02 Å². The second-order valence-corrected chi connectivity index (χ2v) is 8.18. The van der Waals surface area contributed by atoms with Gasteiger partial charge in [-0.2, -0.15) is 0 Å². The molecule has 3 rings (SSSR count). The van der Waals surface area contributed by atoms with E-state index < -0.39 is 30.0 Å². The van der Waals surface area contributed by atoms with Gasteiger partial charge in [-0.25, -0.2) is 9.59 Å². The quantitative estimate of drug-likeness (QED) is 0.398. The second-order valence-electron chi connectivity index (χ2n) is 7.77. The number of aromatic nitrogens is 1. The van der Waals surface area contributed by atoms with E-state index in [0.717, 1.165) is 0 Å². The molecule has 0 spiro atoms. The summed E-state index contributed by atoms with van der Waals surface area (Å²) in [6.07, 6.45) is -0.0810. The topological polar surface area (TPSA) is 115 Å². The number of pyridine rings is 1. The van der Waals surface area contributed by atoms with Gasteiger partial charge in [0.15, 0.2) is 6.10 Å². The monoisotopic (exact) mass is 510 g/mol. The normalized spacial score (nSPS) is 12.3. The van der Waals surface area contributed by atoms with Crippen molar-refractivity contribution >= 4 is 29.4 Å². The Morgan fingerprint density at radius 3 is 2.42 bits per heavy atom. The number of aliphatic hydroxyl groups is 1. The zero-order valence-electron chi connectivity index (χ0n) is 19.9. The number of benzene rings is 2. The number of nitrogens with zero attached hydrogens (tertiary/aromatic N) is 1. The Kier molecular flexibility index (Phi) is 9.55. The molecule has 1 aromatic heterocycles. The van der Waals surface area contributed by atoms with Crippen LogP contribution in [0, 0.1) is 0 Å². The Morgan fingerprint density at radius 1 is 1.00 bits per heavy atom. The van der Waals surface area contributed by atoms with Crippen LogP contribution in [0.3, 0.4) is 0 Å². The molecule has 188 valence electrons. The lowest BCUT2D eigenvalue weighted by Gasteiger charge is -2.23. The van der Waals surface area contributed by atoms with Crippen molar-refractivity contribution in [3.05, 3.63) is 88.6 Å². The number of amides is 1. The van der Waals surface area contributed by atoms with E-state index in [4.69, 9.17) is 21.1 Å². The smallest absolute Gasteiger partial charge is 0.338 e. The standard InChI is InChI=1S/C27H27ClN2O6/c1-3-35-26(33)20-11-7-6-10-19(20)22-16-18(13-14-29-22)25(32)30-23(24(31)27(34)36-4-2)15-17-9-5-8-12-21(17)28/h5-14,16,23-24,31H,3-4,15H2,1-2H3,(H,30,32)/t23-,24-/m1/s1. The maximum absolute atomic E-state index is 13.2. The van der Waals surface area contributed by atoms with Gasteiger partial charge in [-0.15, -0.1) is 0 Å². The zero-order chi connectivity index (χ0) is 26.1. The molecule has 0 aliphatic carbocycles. The lowest BCUT2D eigenvalue weighted by molar-refractivity contribution is -0.154. The summed E-state index contributed by atoms with van der Waals surface area (Å²) >= 11 is 6.26. The Balaban J connectivity index is 1.89. The first-order chi connectivity index (χ1) is 17.3. The summed E-state index contributed by atoms with van der Waals surface area (Å²) < 4.78 is 10.1. The first-order valence-corrected chi connectivity index (χ1v) is 11.8. The number of nitrogens with one attached hydrogen (secondary N) is 1. The zero-order valence-corrected chi connectivity index (χ0v) is 20.7. The second kappa shape index (κ2) is 12.8. The van der Waals surface area contributed by atoms with Crippen LogP contribution >= 0.6 is 11.6 Å². The highest BCUT2D eigenvalue weighted by Gasteiger charge is 2.30. The predicted octanol–water partition coefficient (Wildman–Crippen LogP) is 3.84. The molecule has 0 aliphatic rings. The fraction of sp³-hybridized carbons (Fsp3) is 0.259. The van der Waals surface area contributed by atoms with Gasteiger partial charge < -0.3 is 19.9 Å². The van der Waals surface area contributed by atoms with Crippen molar-refractivity contribution in [1.29, 1.82) is 0 Å². The Hall–Kier alpha value is -3.75. The number of aliphatic hydroxyl groups excluding tert-OH is 1. The minimum atomic E-state index is -1.61. The molecular weight excluding hydrogens is 484 g/mol. The molecule has 3 aromatic rings. The molecule has 0 saturated heterocycles. The number of ether oxygens (including phenoxy) is 2. The number of hydrogen-bond acceptors (Lipinski definition) is 7. The average Bonchev–Trinajstić information content (AvgIpc) is 2.89. The van der Waals surface area contributed by atoms with Gasteiger partial charge in [0.25, 0.3) is 5.91 Å². The summed E-state index contributed by atoms with van der Waals surface area (Å²) in [6, 6.07) is 15.8. The van der Waals surface area contributed by atoms with Crippen LogP contribution in [-0.4, -0.2) is 53.3 Å². The molecule has 0 bridgehead atoms. The van der Waals surface area contributed by atoms with E-state index in [9.17, 15) is 19.5 Å². The highest BCUT2D eigenvalue weighted by Crippen LogP contribution is 2.24. The molecule has 36 heavy (non-hydrogen) atoms. The van der Waals surface area contributed by atoms with Crippen LogP contribution < -0.4 is 5.32 Å². The fourth-order valence-corrected chi connectivity index (χ4v) is 3.81. The Bertz CT molecular complexity index is 1230. The number of rotatable bonds is 10. The molecule has 0 unspecified atom stereocenters. The molecule has 2 aromatic carbocycles. The van der Waals surface area contributed by atoms with Gasteiger partial charge in [0.1, 0.15) is 0 Å². The van der Waals surface area contributed by atoms with Crippen molar-refractivity contribution < 1.29 is 29.0 Å². The van der Waals surface area contributed by atoms with E-state index in [1.54, 1.807) is 62.4 Å². The first kappa shape index (κ1) is 26.8. The van der Waals surface area contributed by atoms with Crippen molar-refractivity contribution in [3.8, 4) is 11.3 Å². The minimum absolute atomic E-state index is 0.0796. The summed E-state index contributed by atoms with van der Waals surface area (Å²) in [5, 5.41) is 13.8. The fourth-order valence-electron chi connectivity index (χ4n) is 3.60. The maximum atomic E-state index is 13.2. The highest BCUT2D eigenvalue weighted by molar-refractivity contribution is 6.31. The third-order valence-corrected chi connectivity index (χ3v) is 5.71. The number of carbonyl (C=O) groups excluding carboxylic acids is 3. The van der Waals surface area contributed by atoms with Gasteiger partial charge in [-0.3, -0.25) is 9.78 Å². The lowest BCUT2D eigenvalue weighted by Crippen LogP contribution is -2.49. The van der Waals surface area contributed by atoms with E-state index in [-0.39, 0.29) is 25.2 Å². The van der Waals surface area contributed by atoms with Crippen LogP contribution in [0.5, 0.6) is 0 Å². The van der Waals surface area contributed by atoms with E-state index in [0.29, 0.717) is 27.4 Å². The van der Waals surface area contributed by atoms with Gasteiger partial charge in [0.05, 0.1) is 30.5 Å². The molecule has 0 saturated carbocycles. The molecule has 0 aliphatic heterocycles. The van der Waals surface area contributed by atoms with E-state index in [1.807, 2.05) is 0 Å². The predicted molar refractivity (Wildman–Crippen MR) is 135 cm³/mol. The van der Waals surface area contributed by atoms with E-state index >= 15 is 0 Å². The average molecular weight is 511 g/mol. The number of esters is 2. The third kappa shape index (κ3) is 6.68. The van der Waals surface area contributed by atoms with Crippen LogP contribution in [-0.2, 0) is 20.7 Å². The van der Waals surface area contributed by atoms with Crippen molar-refractivity contribution in [1.82, 2.24) is 10.3 Å². The van der Waals surface area contributed by atoms with Crippen molar-refractivity contribution in [2.75, 3.05) is 13.2 Å². The summed E-state index contributed by atoms with van der Waals surface area (Å²) in [5.41, 5.74) is 2.08. The van der Waals surface area contributed by atoms with Crippen molar-refractivity contribution in [2.45, 2.75) is 32.4 Å². The molecule has 0 fully saturated rings. The highest BCUT2D eigenvalue weighted by atomic mass is 35.5. The Labute approximate surface area is 214 Å². The molecule has 0 radical (unpaired) electrons. The summed E-state index contributed by atoms with van der Waals surface area (Å²) in [7, 11) is 0. The molecular formula is C27H27ClN2O6. The summed E-state index contributed by atoms with van der Waals surface area (Å²) in [5.74, 6) is -1.90. The lowest BCUT2D eigenvalue weighted by atomic mass is 10.00. The molecule has 1 amide bonds. The minimum Gasteiger partial charge on any atom is -0.464 e. The largest absolute Gasteiger partial charge is 0.464 e. The van der Waals surface area contributed by atoms with Gasteiger partial charge in [-0.1, -0.05) is 48.0 Å². The Morgan fingerprint density at radius 2 is 1.69 bits per heavy atom. The number of halogens is 1. The van der Waals surface area contributed by atoms with Gasteiger partial charge >= 0.3 is 11.9 Å². The number of carbonyl (C=O) groups is 3. The van der Waals surface area contributed by atoms with Gasteiger partial charge in [0.2, 0.25) is 0 Å². The van der Waals surface area contributed by atoms with E-state index in [2.05, 4.69) is 10.3 Å².